The van der Waals surface area contributed by atoms with Gasteiger partial charge in [0.15, 0.2) is 0 Å². The van der Waals surface area contributed by atoms with E-state index < -0.39 is 4.92 Å². The lowest BCUT2D eigenvalue weighted by molar-refractivity contribution is -0.386. The minimum absolute atomic E-state index is 0.00694. The third-order valence-corrected chi connectivity index (χ3v) is 1.37. The molecule has 1 aromatic rings. The number of rotatable bonds is 1. The van der Waals surface area contributed by atoms with E-state index >= 15 is 0 Å². The van der Waals surface area contributed by atoms with Crippen LogP contribution in [0.3, 0.4) is 0 Å². The van der Waals surface area contributed by atoms with Gasteiger partial charge in [0.25, 0.3) is 0 Å². The predicted molar refractivity (Wildman–Crippen MR) is 38.2 cm³/mol. The zero-order chi connectivity index (χ0) is 8.43. The monoisotopic (exact) mass is 153 g/mol. The average Bonchev–Trinajstić information content (AvgIpc) is 1.85. The summed E-state index contributed by atoms with van der Waals surface area (Å²) in [5, 5.41) is 10.4. The van der Waals surface area contributed by atoms with Gasteiger partial charge in [-0.25, -0.2) is 9.97 Å². The lowest BCUT2D eigenvalue weighted by atomic mass is 10.3. The van der Waals surface area contributed by atoms with Gasteiger partial charge >= 0.3 is 5.69 Å². The molecule has 0 atom stereocenters. The number of nitro groups is 1. The second kappa shape index (κ2) is 2.61. The van der Waals surface area contributed by atoms with E-state index in [2.05, 4.69) is 9.97 Å². The van der Waals surface area contributed by atoms with E-state index in [1.165, 1.54) is 6.33 Å². The van der Waals surface area contributed by atoms with E-state index in [0.29, 0.717) is 11.4 Å². The lowest BCUT2D eigenvalue weighted by Gasteiger charge is -1.96. The van der Waals surface area contributed by atoms with Crippen molar-refractivity contribution in [2.45, 2.75) is 13.8 Å². The molecule has 5 heteroatoms. The lowest BCUT2D eigenvalue weighted by Crippen LogP contribution is -1.98. The van der Waals surface area contributed by atoms with Gasteiger partial charge in [0.2, 0.25) is 0 Å². The number of aryl methyl sites for hydroxylation is 2. The van der Waals surface area contributed by atoms with Crippen LogP contribution in [0.5, 0.6) is 0 Å². The van der Waals surface area contributed by atoms with Crippen LogP contribution >= 0.6 is 0 Å². The molecule has 0 amide bonds. The van der Waals surface area contributed by atoms with Crippen molar-refractivity contribution in [3.63, 3.8) is 0 Å². The minimum atomic E-state index is -0.468. The Balaban J connectivity index is 3.32. The molecule has 0 aliphatic carbocycles. The highest BCUT2D eigenvalue weighted by molar-refractivity contribution is 5.37. The number of aromatic nitrogens is 2. The molecule has 11 heavy (non-hydrogen) atoms. The molecule has 0 saturated heterocycles. The Morgan fingerprint density at radius 3 is 2.09 bits per heavy atom. The quantitative estimate of drug-likeness (QED) is 0.445. The van der Waals surface area contributed by atoms with Crippen LogP contribution in [0.1, 0.15) is 11.4 Å². The molecule has 0 fully saturated rings. The van der Waals surface area contributed by atoms with Crippen molar-refractivity contribution in [1.82, 2.24) is 9.97 Å². The standard InChI is InChI=1S/C6H7N3O2/c1-4-6(9(10)11)5(2)8-3-7-4/h3H,1-2H3. The van der Waals surface area contributed by atoms with Crippen LogP contribution in [-0.2, 0) is 0 Å². The molecule has 0 aromatic carbocycles. The van der Waals surface area contributed by atoms with Crippen molar-refractivity contribution in [3.05, 3.63) is 27.8 Å². The first kappa shape index (κ1) is 7.59. The van der Waals surface area contributed by atoms with Crippen LogP contribution in [0.2, 0.25) is 0 Å². The van der Waals surface area contributed by atoms with E-state index in [-0.39, 0.29) is 5.69 Å². The predicted octanol–water partition coefficient (Wildman–Crippen LogP) is 1.00. The first-order valence-corrected chi connectivity index (χ1v) is 3.05. The molecule has 0 saturated carbocycles. The van der Waals surface area contributed by atoms with Crippen LogP contribution in [0.15, 0.2) is 6.33 Å². The summed E-state index contributed by atoms with van der Waals surface area (Å²) in [4.78, 5) is 17.3. The highest BCUT2D eigenvalue weighted by atomic mass is 16.6. The number of nitrogens with zero attached hydrogens (tertiary/aromatic N) is 3. The molecule has 0 bridgehead atoms. The number of hydrogen-bond acceptors (Lipinski definition) is 4. The summed E-state index contributed by atoms with van der Waals surface area (Å²) in [6.45, 7) is 3.18. The van der Waals surface area contributed by atoms with Gasteiger partial charge in [-0.2, -0.15) is 0 Å². The Labute approximate surface area is 63.3 Å². The summed E-state index contributed by atoms with van der Waals surface area (Å²) in [5.74, 6) is 0. The molecule has 1 heterocycles. The maximum Gasteiger partial charge on any atom is 0.311 e. The molecule has 0 radical (unpaired) electrons. The SMILES string of the molecule is Cc1ncnc(C)c1[N+](=O)[O-]. The summed E-state index contributed by atoms with van der Waals surface area (Å²) in [6, 6.07) is 0. The second-order valence-electron chi connectivity index (χ2n) is 2.15. The molecule has 0 N–H and O–H groups in total. The summed E-state index contributed by atoms with van der Waals surface area (Å²) < 4.78 is 0. The largest absolute Gasteiger partial charge is 0.311 e. The fourth-order valence-electron chi connectivity index (χ4n) is 0.850. The van der Waals surface area contributed by atoms with Gasteiger partial charge < -0.3 is 0 Å². The molecule has 0 aliphatic heterocycles. The van der Waals surface area contributed by atoms with E-state index in [4.69, 9.17) is 0 Å². The minimum Gasteiger partial charge on any atom is -0.258 e. The van der Waals surface area contributed by atoms with Crippen molar-refractivity contribution in [1.29, 1.82) is 0 Å². The first-order chi connectivity index (χ1) is 5.13. The Morgan fingerprint density at radius 2 is 1.82 bits per heavy atom. The summed E-state index contributed by atoms with van der Waals surface area (Å²) in [6.07, 6.45) is 1.32. The van der Waals surface area contributed by atoms with Gasteiger partial charge in [-0.05, 0) is 13.8 Å². The molecular formula is C6H7N3O2. The van der Waals surface area contributed by atoms with Crippen molar-refractivity contribution >= 4 is 5.69 Å². The topological polar surface area (TPSA) is 68.9 Å². The molecule has 0 unspecified atom stereocenters. The third-order valence-electron chi connectivity index (χ3n) is 1.37. The molecule has 0 spiro atoms. The van der Waals surface area contributed by atoms with E-state index in [1.807, 2.05) is 0 Å². The fourth-order valence-corrected chi connectivity index (χ4v) is 0.850. The highest BCUT2D eigenvalue weighted by Gasteiger charge is 2.15. The van der Waals surface area contributed by atoms with Gasteiger partial charge in [-0.15, -0.1) is 0 Å². The third kappa shape index (κ3) is 1.31. The molecule has 0 aliphatic rings. The maximum atomic E-state index is 10.4. The van der Waals surface area contributed by atoms with Crippen molar-refractivity contribution in [3.8, 4) is 0 Å². The summed E-state index contributed by atoms with van der Waals surface area (Å²) >= 11 is 0. The Morgan fingerprint density at radius 1 is 1.36 bits per heavy atom. The van der Waals surface area contributed by atoms with E-state index in [9.17, 15) is 10.1 Å². The van der Waals surface area contributed by atoms with Gasteiger partial charge in [-0.1, -0.05) is 0 Å². The van der Waals surface area contributed by atoms with Crippen LogP contribution in [0, 0.1) is 24.0 Å². The van der Waals surface area contributed by atoms with Gasteiger partial charge in [0.1, 0.15) is 17.7 Å². The Kier molecular flexibility index (Phi) is 1.80. The van der Waals surface area contributed by atoms with Gasteiger partial charge in [-0.3, -0.25) is 10.1 Å². The highest BCUT2D eigenvalue weighted by Crippen LogP contribution is 2.16. The zero-order valence-electron chi connectivity index (χ0n) is 6.24. The van der Waals surface area contributed by atoms with Crippen molar-refractivity contribution in [2.24, 2.45) is 0 Å². The average molecular weight is 153 g/mol. The van der Waals surface area contributed by atoms with Crippen LogP contribution < -0.4 is 0 Å². The molecule has 5 nitrogen and oxygen atoms in total. The molecule has 1 aromatic heterocycles. The molecule has 1 rings (SSSR count). The Bertz CT molecular complexity index is 278. The zero-order valence-corrected chi connectivity index (χ0v) is 6.24. The molecular weight excluding hydrogens is 146 g/mol. The molecule has 58 valence electrons. The second-order valence-corrected chi connectivity index (χ2v) is 2.15. The fraction of sp³-hybridized carbons (Fsp3) is 0.333. The summed E-state index contributed by atoms with van der Waals surface area (Å²) in [7, 11) is 0. The Hall–Kier alpha value is -1.52. The van der Waals surface area contributed by atoms with E-state index in [1.54, 1.807) is 13.8 Å². The smallest absolute Gasteiger partial charge is 0.258 e. The van der Waals surface area contributed by atoms with Crippen molar-refractivity contribution in [2.75, 3.05) is 0 Å². The normalized spacial score (nSPS) is 9.64. The van der Waals surface area contributed by atoms with Crippen LogP contribution in [0.4, 0.5) is 5.69 Å². The summed E-state index contributed by atoms with van der Waals surface area (Å²) in [5.41, 5.74) is 0.817. The van der Waals surface area contributed by atoms with Crippen LogP contribution in [-0.4, -0.2) is 14.9 Å². The maximum absolute atomic E-state index is 10.4. The van der Waals surface area contributed by atoms with Crippen LogP contribution in [0.25, 0.3) is 0 Å². The van der Waals surface area contributed by atoms with Gasteiger partial charge in [0.05, 0.1) is 4.92 Å². The first-order valence-electron chi connectivity index (χ1n) is 3.05. The van der Waals surface area contributed by atoms with Gasteiger partial charge in [0, 0.05) is 0 Å². The van der Waals surface area contributed by atoms with E-state index in [0.717, 1.165) is 0 Å². The number of hydrogen-bond donors (Lipinski definition) is 0. The van der Waals surface area contributed by atoms with Crippen molar-refractivity contribution < 1.29 is 4.92 Å².